The summed E-state index contributed by atoms with van der Waals surface area (Å²) in [6, 6.07) is 10.0. The van der Waals surface area contributed by atoms with Crippen LogP contribution in [0.25, 0.3) is 0 Å². The standard InChI is InChI=1S/C16H12BrClF3NO/c17-11-6-5-10(14(18)9-11)7-8-22-15(23)12-3-1-2-4-13(12)16(19,20)21/h1-6,9H,7-8H2,(H,22,23). The molecule has 0 aliphatic heterocycles. The van der Waals surface area contributed by atoms with E-state index in [1.807, 2.05) is 6.07 Å². The summed E-state index contributed by atoms with van der Waals surface area (Å²) in [6.07, 6.45) is -4.14. The quantitative estimate of drug-likeness (QED) is 0.752. The lowest BCUT2D eigenvalue weighted by Crippen LogP contribution is -2.28. The molecular formula is C16H12BrClF3NO. The van der Waals surface area contributed by atoms with Gasteiger partial charge in [-0.05, 0) is 36.2 Å². The van der Waals surface area contributed by atoms with Gasteiger partial charge in [-0.3, -0.25) is 4.79 Å². The van der Waals surface area contributed by atoms with E-state index in [1.54, 1.807) is 12.1 Å². The fraction of sp³-hybridized carbons (Fsp3) is 0.188. The molecule has 2 aromatic carbocycles. The van der Waals surface area contributed by atoms with Crippen molar-refractivity contribution in [1.29, 1.82) is 0 Å². The van der Waals surface area contributed by atoms with Crippen molar-refractivity contribution < 1.29 is 18.0 Å². The number of carbonyl (C=O) groups is 1. The highest BCUT2D eigenvalue weighted by molar-refractivity contribution is 9.10. The lowest BCUT2D eigenvalue weighted by molar-refractivity contribution is -0.137. The molecule has 0 unspecified atom stereocenters. The van der Waals surface area contributed by atoms with Crippen molar-refractivity contribution in [3.63, 3.8) is 0 Å². The summed E-state index contributed by atoms with van der Waals surface area (Å²) in [4.78, 5) is 12.0. The molecule has 122 valence electrons. The van der Waals surface area contributed by atoms with Crippen LogP contribution in [0, 0.1) is 0 Å². The van der Waals surface area contributed by atoms with E-state index in [-0.39, 0.29) is 12.1 Å². The molecule has 7 heteroatoms. The molecule has 23 heavy (non-hydrogen) atoms. The number of hydrogen-bond donors (Lipinski definition) is 1. The van der Waals surface area contributed by atoms with Crippen LogP contribution in [-0.4, -0.2) is 12.5 Å². The Morgan fingerprint density at radius 3 is 2.52 bits per heavy atom. The maximum atomic E-state index is 12.9. The van der Waals surface area contributed by atoms with Crippen molar-refractivity contribution in [3.05, 3.63) is 68.7 Å². The van der Waals surface area contributed by atoms with Crippen LogP contribution in [0.4, 0.5) is 13.2 Å². The van der Waals surface area contributed by atoms with E-state index in [0.29, 0.717) is 11.4 Å². The normalized spacial score (nSPS) is 11.3. The lowest BCUT2D eigenvalue weighted by atomic mass is 10.1. The van der Waals surface area contributed by atoms with Crippen LogP contribution in [0.2, 0.25) is 5.02 Å². The molecule has 0 aliphatic rings. The Bertz CT molecular complexity index is 719. The van der Waals surface area contributed by atoms with Crippen molar-refractivity contribution in [3.8, 4) is 0 Å². The molecule has 0 saturated carbocycles. The average molecular weight is 407 g/mol. The monoisotopic (exact) mass is 405 g/mol. The summed E-state index contributed by atoms with van der Waals surface area (Å²) >= 11 is 9.34. The van der Waals surface area contributed by atoms with Gasteiger partial charge in [0.05, 0.1) is 11.1 Å². The first-order valence-corrected chi connectivity index (χ1v) is 7.84. The Morgan fingerprint density at radius 1 is 1.17 bits per heavy atom. The first kappa shape index (κ1) is 17.8. The van der Waals surface area contributed by atoms with Crippen molar-refractivity contribution in [2.45, 2.75) is 12.6 Å². The molecule has 0 radical (unpaired) electrons. The zero-order chi connectivity index (χ0) is 17.0. The molecule has 1 N–H and O–H groups in total. The summed E-state index contributed by atoms with van der Waals surface area (Å²) < 4.78 is 39.5. The molecular weight excluding hydrogens is 395 g/mol. The van der Waals surface area contributed by atoms with Gasteiger partial charge >= 0.3 is 6.18 Å². The summed E-state index contributed by atoms with van der Waals surface area (Å²) in [5.74, 6) is -0.758. The smallest absolute Gasteiger partial charge is 0.352 e. The van der Waals surface area contributed by atoms with Crippen molar-refractivity contribution in [2.24, 2.45) is 0 Å². The Morgan fingerprint density at radius 2 is 1.87 bits per heavy atom. The Labute approximate surface area is 144 Å². The third kappa shape index (κ3) is 4.72. The Balaban J connectivity index is 2.03. The van der Waals surface area contributed by atoms with Crippen LogP contribution in [0.5, 0.6) is 0 Å². The lowest BCUT2D eigenvalue weighted by Gasteiger charge is -2.13. The molecule has 0 aliphatic carbocycles. The highest BCUT2D eigenvalue weighted by Gasteiger charge is 2.34. The molecule has 0 fully saturated rings. The number of rotatable bonds is 4. The number of halogens is 5. The first-order chi connectivity index (χ1) is 10.8. The van der Waals surface area contributed by atoms with Gasteiger partial charge in [0.15, 0.2) is 0 Å². The molecule has 2 aromatic rings. The second kappa shape index (κ2) is 7.36. The van der Waals surface area contributed by atoms with Crippen LogP contribution >= 0.6 is 27.5 Å². The number of hydrogen-bond acceptors (Lipinski definition) is 1. The molecule has 0 heterocycles. The van der Waals surface area contributed by atoms with Crippen molar-refractivity contribution in [1.82, 2.24) is 5.32 Å². The summed E-state index contributed by atoms with van der Waals surface area (Å²) in [6.45, 7) is 0.187. The number of nitrogens with one attached hydrogen (secondary N) is 1. The molecule has 2 nitrogen and oxygen atoms in total. The molecule has 0 bridgehead atoms. The fourth-order valence-corrected chi connectivity index (χ4v) is 2.83. The Kier molecular flexibility index (Phi) is 5.70. The van der Waals surface area contributed by atoms with Crippen LogP contribution in [0.1, 0.15) is 21.5 Å². The third-order valence-electron chi connectivity index (χ3n) is 3.17. The molecule has 0 aromatic heterocycles. The molecule has 2 rings (SSSR count). The van der Waals surface area contributed by atoms with Crippen LogP contribution < -0.4 is 5.32 Å². The van der Waals surface area contributed by atoms with Gasteiger partial charge in [-0.15, -0.1) is 0 Å². The predicted molar refractivity (Wildman–Crippen MR) is 86.6 cm³/mol. The molecule has 1 amide bonds. The second-order valence-corrected chi connectivity index (χ2v) is 6.11. The Hall–Kier alpha value is -1.53. The highest BCUT2D eigenvalue weighted by atomic mass is 79.9. The predicted octanol–water partition coefficient (Wildman–Crippen LogP) is 5.09. The van der Waals surface area contributed by atoms with E-state index in [1.165, 1.54) is 12.1 Å². The zero-order valence-corrected chi connectivity index (χ0v) is 14.1. The van der Waals surface area contributed by atoms with Gasteiger partial charge in [-0.1, -0.05) is 45.7 Å². The van der Waals surface area contributed by atoms with Gasteiger partial charge in [-0.25, -0.2) is 0 Å². The van der Waals surface area contributed by atoms with E-state index in [0.717, 1.165) is 22.2 Å². The molecule has 0 atom stereocenters. The number of benzene rings is 2. The summed E-state index contributed by atoms with van der Waals surface area (Å²) in [7, 11) is 0. The third-order valence-corrected chi connectivity index (χ3v) is 4.02. The second-order valence-electron chi connectivity index (χ2n) is 4.78. The number of carbonyl (C=O) groups excluding carboxylic acids is 1. The largest absolute Gasteiger partial charge is 0.417 e. The first-order valence-electron chi connectivity index (χ1n) is 6.67. The van der Waals surface area contributed by atoms with Crippen LogP contribution in [0.15, 0.2) is 46.9 Å². The van der Waals surface area contributed by atoms with E-state index in [2.05, 4.69) is 21.2 Å². The topological polar surface area (TPSA) is 29.1 Å². The van der Waals surface area contributed by atoms with E-state index in [9.17, 15) is 18.0 Å². The van der Waals surface area contributed by atoms with Gasteiger partial charge in [0, 0.05) is 16.0 Å². The van der Waals surface area contributed by atoms with Crippen molar-refractivity contribution >= 4 is 33.4 Å². The summed E-state index contributed by atoms with van der Waals surface area (Å²) in [5.41, 5.74) is -0.527. The minimum atomic E-state index is -4.57. The fourth-order valence-electron chi connectivity index (χ4n) is 2.06. The van der Waals surface area contributed by atoms with Gasteiger partial charge in [0.1, 0.15) is 0 Å². The summed E-state index contributed by atoms with van der Waals surface area (Å²) in [5, 5.41) is 3.02. The minimum Gasteiger partial charge on any atom is -0.352 e. The van der Waals surface area contributed by atoms with Gasteiger partial charge in [-0.2, -0.15) is 13.2 Å². The van der Waals surface area contributed by atoms with Gasteiger partial charge < -0.3 is 5.32 Å². The number of amides is 1. The van der Waals surface area contributed by atoms with E-state index in [4.69, 9.17) is 11.6 Å². The highest BCUT2D eigenvalue weighted by Crippen LogP contribution is 2.31. The van der Waals surface area contributed by atoms with E-state index >= 15 is 0 Å². The average Bonchev–Trinajstić information content (AvgIpc) is 2.48. The zero-order valence-electron chi connectivity index (χ0n) is 11.8. The number of alkyl halides is 3. The van der Waals surface area contributed by atoms with Crippen LogP contribution in [0.3, 0.4) is 0 Å². The van der Waals surface area contributed by atoms with Gasteiger partial charge in [0.2, 0.25) is 0 Å². The molecule has 0 saturated heterocycles. The maximum absolute atomic E-state index is 12.9. The molecule has 0 spiro atoms. The van der Waals surface area contributed by atoms with Crippen LogP contribution in [-0.2, 0) is 12.6 Å². The SMILES string of the molecule is O=C(NCCc1ccc(Br)cc1Cl)c1ccccc1C(F)(F)F. The maximum Gasteiger partial charge on any atom is 0.417 e. The minimum absolute atomic E-state index is 0.187. The van der Waals surface area contributed by atoms with Crippen molar-refractivity contribution in [2.75, 3.05) is 6.54 Å². The van der Waals surface area contributed by atoms with Gasteiger partial charge in [0.25, 0.3) is 5.91 Å². The van der Waals surface area contributed by atoms with E-state index < -0.39 is 17.6 Å².